The van der Waals surface area contributed by atoms with Gasteiger partial charge in [0.2, 0.25) is 0 Å². The van der Waals surface area contributed by atoms with Crippen molar-refractivity contribution >= 4 is 11.0 Å². The Bertz CT molecular complexity index is 631. The first-order valence-electron chi connectivity index (χ1n) is 8.51. The smallest absolute Gasteiger partial charge is 0.137 e. The van der Waals surface area contributed by atoms with Crippen LogP contribution in [0.25, 0.3) is 11.0 Å². The molecule has 0 spiro atoms. The Morgan fingerprint density at radius 3 is 2.62 bits per heavy atom. The Labute approximate surface area is 125 Å². The largest absolute Gasteiger partial charge is 0.346 e. The second-order valence-corrected chi connectivity index (χ2v) is 7.55. The lowest BCUT2D eigenvalue weighted by Gasteiger charge is -2.54. The average molecular weight is 281 g/mol. The van der Waals surface area contributed by atoms with E-state index in [-0.39, 0.29) is 0 Å². The van der Waals surface area contributed by atoms with Crippen LogP contribution < -0.4 is 5.32 Å². The molecule has 0 atom stereocenters. The molecule has 0 aromatic carbocycles. The molecule has 110 valence electrons. The molecule has 2 aromatic heterocycles. The van der Waals surface area contributed by atoms with E-state index in [2.05, 4.69) is 27.5 Å². The third kappa shape index (κ3) is 1.94. The predicted molar refractivity (Wildman–Crippen MR) is 83.8 cm³/mol. The molecule has 21 heavy (non-hydrogen) atoms. The van der Waals surface area contributed by atoms with E-state index in [4.69, 9.17) is 0 Å². The number of aromatic amines is 1. The van der Waals surface area contributed by atoms with Gasteiger partial charge in [-0.25, -0.2) is 4.98 Å². The summed E-state index contributed by atoms with van der Waals surface area (Å²) >= 11 is 0. The lowest BCUT2D eigenvalue weighted by molar-refractivity contribution is -0.0142. The number of fused-ring (bicyclic) bond motifs is 1. The number of pyridine rings is 1. The van der Waals surface area contributed by atoms with Gasteiger partial charge >= 0.3 is 0 Å². The monoisotopic (exact) mass is 281 g/mol. The minimum Gasteiger partial charge on any atom is -0.346 e. The molecule has 2 heterocycles. The zero-order valence-electron chi connectivity index (χ0n) is 12.4. The lowest BCUT2D eigenvalue weighted by atomic mass is 9.54. The summed E-state index contributed by atoms with van der Waals surface area (Å²) < 4.78 is 0. The second kappa shape index (κ2) is 4.57. The normalized spacial score (nSPS) is 37.4. The van der Waals surface area contributed by atoms with Crippen molar-refractivity contribution in [1.82, 2.24) is 15.3 Å². The number of H-pyrrole nitrogens is 1. The van der Waals surface area contributed by atoms with E-state index in [1.165, 1.54) is 43.1 Å². The molecule has 0 aliphatic heterocycles. The van der Waals surface area contributed by atoms with E-state index in [0.717, 1.165) is 41.9 Å². The first kappa shape index (κ1) is 12.2. The van der Waals surface area contributed by atoms with E-state index in [1.807, 2.05) is 12.3 Å². The molecule has 0 radical (unpaired) electrons. The highest BCUT2D eigenvalue weighted by Gasteiger charge is 2.47. The van der Waals surface area contributed by atoms with Crippen molar-refractivity contribution < 1.29 is 0 Å². The highest BCUT2D eigenvalue weighted by Crippen LogP contribution is 2.53. The SMILES string of the molecule is c1cnc2[nH]cc(CNC3C4CC5CC(C4)CC3C5)c2c1. The van der Waals surface area contributed by atoms with Gasteiger partial charge in [0.15, 0.2) is 0 Å². The summed E-state index contributed by atoms with van der Waals surface area (Å²) in [4.78, 5) is 7.68. The van der Waals surface area contributed by atoms with Crippen molar-refractivity contribution in [3.8, 4) is 0 Å². The van der Waals surface area contributed by atoms with Crippen LogP contribution in [0.3, 0.4) is 0 Å². The minimum atomic E-state index is 0.763. The fourth-order valence-corrected chi connectivity index (χ4v) is 5.65. The van der Waals surface area contributed by atoms with Crippen LogP contribution in [-0.2, 0) is 6.54 Å². The standard InChI is InChI=1S/C18H23N3/c1-2-16-15(10-21-18(16)19-3-1)9-20-17-13-5-11-4-12(7-13)8-14(17)6-11/h1-3,10-14,17,20H,4-9H2,(H,19,21). The van der Waals surface area contributed by atoms with Gasteiger partial charge in [-0.05, 0) is 73.5 Å². The zero-order valence-corrected chi connectivity index (χ0v) is 12.4. The molecule has 0 amide bonds. The Balaban J connectivity index is 1.34. The molecule has 2 N–H and O–H groups in total. The maximum absolute atomic E-state index is 4.39. The lowest BCUT2D eigenvalue weighted by Crippen LogP contribution is -2.54. The van der Waals surface area contributed by atoms with Crippen LogP contribution in [0.2, 0.25) is 0 Å². The van der Waals surface area contributed by atoms with Crippen LogP contribution in [0.1, 0.15) is 37.7 Å². The van der Waals surface area contributed by atoms with Crippen LogP contribution in [-0.4, -0.2) is 16.0 Å². The van der Waals surface area contributed by atoms with Gasteiger partial charge in [0.05, 0.1) is 0 Å². The maximum Gasteiger partial charge on any atom is 0.137 e. The van der Waals surface area contributed by atoms with Crippen molar-refractivity contribution in [3.05, 3.63) is 30.1 Å². The first-order valence-corrected chi connectivity index (χ1v) is 8.51. The van der Waals surface area contributed by atoms with E-state index >= 15 is 0 Å². The number of nitrogens with zero attached hydrogens (tertiary/aromatic N) is 1. The highest BCUT2D eigenvalue weighted by molar-refractivity contribution is 5.79. The predicted octanol–water partition coefficient (Wildman–Crippen LogP) is 3.48. The van der Waals surface area contributed by atoms with Gasteiger partial charge in [0, 0.05) is 30.4 Å². The van der Waals surface area contributed by atoms with E-state index in [9.17, 15) is 0 Å². The maximum atomic E-state index is 4.39. The van der Waals surface area contributed by atoms with Gasteiger partial charge in [-0.2, -0.15) is 0 Å². The molecule has 4 saturated carbocycles. The Hall–Kier alpha value is -1.35. The Morgan fingerprint density at radius 2 is 1.86 bits per heavy atom. The summed E-state index contributed by atoms with van der Waals surface area (Å²) in [7, 11) is 0. The van der Waals surface area contributed by atoms with Gasteiger partial charge in [0.25, 0.3) is 0 Å². The topological polar surface area (TPSA) is 40.7 Å². The summed E-state index contributed by atoms with van der Waals surface area (Å²) in [5.41, 5.74) is 2.38. The number of rotatable bonds is 3. The molecule has 4 fully saturated rings. The van der Waals surface area contributed by atoms with Gasteiger partial charge in [-0.15, -0.1) is 0 Å². The third-order valence-electron chi connectivity index (χ3n) is 6.29. The summed E-state index contributed by atoms with van der Waals surface area (Å²) in [6.45, 7) is 0.985. The molecule has 3 heteroatoms. The highest BCUT2D eigenvalue weighted by atomic mass is 14.9. The van der Waals surface area contributed by atoms with Crippen molar-refractivity contribution in [2.45, 2.75) is 44.7 Å². The molecule has 3 nitrogen and oxygen atoms in total. The van der Waals surface area contributed by atoms with Gasteiger partial charge in [-0.1, -0.05) is 0 Å². The summed E-state index contributed by atoms with van der Waals surface area (Å²) in [6.07, 6.45) is 11.5. The molecule has 0 unspecified atom stereocenters. The van der Waals surface area contributed by atoms with E-state index in [0.29, 0.717) is 0 Å². The number of aromatic nitrogens is 2. The van der Waals surface area contributed by atoms with Crippen LogP contribution >= 0.6 is 0 Å². The van der Waals surface area contributed by atoms with Crippen molar-refractivity contribution in [3.63, 3.8) is 0 Å². The fourth-order valence-electron chi connectivity index (χ4n) is 5.65. The summed E-state index contributed by atoms with van der Waals surface area (Å²) in [5, 5.41) is 5.18. The summed E-state index contributed by atoms with van der Waals surface area (Å²) in [6, 6.07) is 4.97. The van der Waals surface area contributed by atoms with Crippen LogP contribution in [0, 0.1) is 23.7 Å². The quantitative estimate of drug-likeness (QED) is 0.904. The minimum absolute atomic E-state index is 0.763. The molecule has 0 saturated heterocycles. The van der Waals surface area contributed by atoms with Crippen molar-refractivity contribution in [2.24, 2.45) is 23.7 Å². The zero-order chi connectivity index (χ0) is 13.8. The van der Waals surface area contributed by atoms with E-state index in [1.54, 1.807) is 0 Å². The van der Waals surface area contributed by atoms with Crippen molar-refractivity contribution in [1.29, 1.82) is 0 Å². The van der Waals surface area contributed by atoms with E-state index < -0.39 is 0 Å². The first-order chi connectivity index (χ1) is 10.4. The molecule has 2 aromatic rings. The van der Waals surface area contributed by atoms with Gasteiger partial charge in [0.1, 0.15) is 5.65 Å². The van der Waals surface area contributed by atoms with Crippen LogP contribution in [0.15, 0.2) is 24.5 Å². The van der Waals surface area contributed by atoms with Crippen molar-refractivity contribution in [2.75, 3.05) is 0 Å². The van der Waals surface area contributed by atoms with Crippen LogP contribution in [0.4, 0.5) is 0 Å². The number of hydrogen-bond donors (Lipinski definition) is 2. The van der Waals surface area contributed by atoms with Gasteiger partial charge in [-0.3, -0.25) is 0 Å². The Morgan fingerprint density at radius 1 is 1.10 bits per heavy atom. The molecular weight excluding hydrogens is 258 g/mol. The molecule has 4 aliphatic carbocycles. The third-order valence-corrected chi connectivity index (χ3v) is 6.29. The molecule has 4 aliphatic rings. The molecule has 4 bridgehead atoms. The van der Waals surface area contributed by atoms with Gasteiger partial charge < -0.3 is 10.3 Å². The second-order valence-electron chi connectivity index (χ2n) is 7.55. The average Bonchev–Trinajstić information content (AvgIpc) is 2.89. The van der Waals surface area contributed by atoms with Crippen LogP contribution in [0.5, 0.6) is 0 Å². The Kier molecular flexibility index (Phi) is 2.66. The number of hydrogen-bond acceptors (Lipinski definition) is 2. The molecular formula is C18H23N3. The number of nitrogens with one attached hydrogen (secondary N) is 2. The molecule has 6 rings (SSSR count). The summed E-state index contributed by atoms with van der Waals surface area (Å²) in [5.74, 6) is 4.01. The fraction of sp³-hybridized carbons (Fsp3) is 0.611.